The van der Waals surface area contributed by atoms with E-state index < -0.39 is 5.82 Å². The monoisotopic (exact) mass is 341 g/mol. The molecule has 2 aromatic rings. The highest BCUT2D eigenvalue weighted by molar-refractivity contribution is 9.10. The number of carbonyl (C=O) groups excluding carboxylic acids is 1. The average Bonchev–Trinajstić information content (AvgIpc) is 2.36. The first-order valence-corrected chi connectivity index (χ1v) is 6.67. The Morgan fingerprint density at radius 1 is 1.26 bits per heavy atom. The summed E-state index contributed by atoms with van der Waals surface area (Å²) >= 11 is 8.99. The minimum atomic E-state index is -0.515. The molecule has 1 amide bonds. The van der Waals surface area contributed by atoms with E-state index in [0.29, 0.717) is 11.3 Å². The van der Waals surface area contributed by atoms with Crippen molar-refractivity contribution in [2.24, 2.45) is 0 Å². The molecule has 0 saturated heterocycles. The lowest BCUT2D eigenvalue weighted by atomic mass is 10.1. The van der Waals surface area contributed by atoms with Crippen molar-refractivity contribution in [3.05, 3.63) is 62.8 Å². The summed E-state index contributed by atoms with van der Waals surface area (Å²) < 4.78 is 13.8. The number of hydrogen-bond donors (Lipinski definition) is 1. The number of nitrogens with one attached hydrogen (secondary N) is 1. The van der Waals surface area contributed by atoms with E-state index in [1.165, 1.54) is 18.2 Å². The molecule has 0 aliphatic heterocycles. The molecule has 0 aromatic heterocycles. The van der Waals surface area contributed by atoms with Gasteiger partial charge in [-0.1, -0.05) is 33.6 Å². The summed E-state index contributed by atoms with van der Waals surface area (Å²) in [5, 5.41) is 2.66. The van der Waals surface area contributed by atoms with E-state index in [1.807, 2.05) is 19.1 Å². The van der Waals surface area contributed by atoms with Crippen molar-refractivity contribution in [2.75, 3.05) is 5.32 Å². The van der Waals surface area contributed by atoms with Gasteiger partial charge in [-0.3, -0.25) is 4.79 Å². The average molecular weight is 343 g/mol. The van der Waals surface area contributed by atoms with Crippen LogP contribution in [0, 0.1) is 12.7 Å². The number of hydrogen-bond acceptors (Lipinski definition) is 1. The van der Waals surface area contributed by atoms with Gasteiger partial charge in [0.05, 0.1) is 5.02 Å². The topological polar surface area (TPSA) is 29.1 Å². The summed E-state index contributed by atoms with van der Waals surface area (Å²) in [5.74, 6) is -0.778. The lowest BCUT2D eigenvalue weighted by Crippen LogP contribution is -2.13. The Kier molecular flexibility index (Phi) is 4.22. The molecule has 0 aliphatic carbocycles. The molecule has 0 bridgehead atoms. The van der Waals surface area contributed by atoms with E-state index in [-0.39, 0.29) is 10.9 Å². The molecule has 98 valence electrons. The van der Waals surface area contributed by atoms with E-state index in [4.69, 9.17) is 11.6 Å². The highest BCUT2D eigenvalue weighted by atomic mass is 79.9. The fourth-order valence-corrected chi connectivity index (χ4v) is 2.15. The number of carbonyl (C=O) groups is 1. The number of aryl methyl sites for hydroxylation is 1. The quantitative estimate of drug-likeness (QED) is 0.834. The Bertz CT molecular complexity index is 645. The van der Waals surface area contributed by atoms with Crippen LogP contribution in [-0.2, 0) is 0 Å². The standard InChI is InChI=1S/C14H10BrClFNO/c1-8-2-3-9(15)6-11(8)14(19)18-10-4-5-13(17)12(16)7-10/h2-7H,1H3,(H,18,19). The fraction of sp³-hybridized carbons (Fsp3) is 0.0714. The van der Waals surface area contributed by atoms with Crippen LogP contribution in [0.15, 0.2) is 40.9 Å². The summed E-state index contributed by atoms with van der Waals surface area (Å²) in [4.78, 5) is 12.1. The second kappa shape index (κ2) is 5.72. The summed E-state index contributed by atoms with van der Waals surface area (Å²) in [5.41, 5.74) is 1.86. The van der Waals surface area contributed by atoms with Crippen LogP contribution in [-0.4, -0.2) is 5.91 Å². The molecule has 0 aliphatic rings. The number of anilines is 1. The maximum atomic E-state index is 13.0. The third-order valence-electron chi connectivity index (χ3n) is 2.62. The van der Waals surface area contributed by atoms with Gasteiger partial charge in [-0.05, 0) is 42.8 Å². The maximum absolute atomic E-state index is 13.0. The summed E-state index contributed by atoms with van der Waals surface area (Å²) in [7, 11) is 0. The maximum Gasteiger partial charge on any atom is 0.255 e. The van der Waals surface area contributed by atoms with Crippen molar-refractivity contribution in [1.29, 1.82) is 0 Å². The lowest BCUT2D eigenvalue weighted by Gasteiger charge is -2.08. The first kappa shape index (κ1) is 14.0. The first-order chi connectivity index (χ1) is 8.97. The van der Waals surface area contributed by atoms with E-state index in [9.17, 15) is 9.18 Å². The lowest BCUT2D eigenvalue weighted by molar-refractivity contribution is 0.102. The van der Waals surface area contributed by atoms with Gasteiger partial charge in [-0.25, -0.2) is 4.39 Å². The van der Waals surface area contributed by atoms with Crippen LogP contribution < -0.4 is 5.32 Å². The van der Waals surface area contributed by atoms with Crippen molar-refractivity contribution >= 4 is 39.1 Å². The Hall–Kier alpha value is -1.39. The second-order valence-electron chi connectivity index (χ2n) is 4.04. The highest BCUT2D eigenvalue weighted by Gasteiger charge is 2.10. The zero-order valence-corrected chi connectivity index (χ0v) is 12.3. The predicted octanol–water partition coefficient (Wildman–Crippen LogP) is 4.80. The molecule has 2 aromatic carbocycles. The van der Waals surface area contributed by atoms with Gasteiger partial charge in [-0.2, -0.15) is 0 Å². The van der Waals surface area contributed by atoms with Gasteiger partial charge in [0.2, 0.25) is 0 Å². The van der Waals surface area contributed by atoms with Crippen molar-refractivity contribution in [3.63, 3.8) is 0 Å². The van der Waals surface area contributed by atoms with Gasteiger partial charge in [0.15, 0.2) is 0 Å². The van der Waals surface area contributed by atoms with Crippen LogP contribution in [0.25, 0.3) is 0 Å². The minimum Gasteiger partial charge on any atom is -0.322 e. The molecule has 0 fully saturated rings. The van der Waals surface area contributed by atoms with E-state index in [2.05, 4.69) is 21.2 Å². The molecule has 2 nitrogen and oxygen atoms in total. The predicted molar refractivity (Wildman–Crippen MR) is 78.2 cm³/mol. The van der Waals surface area contributed by atoms with Gasteiger partial charge in [0.1, 0.15) is 5.82 Å². The molecule has 0 unspecified atom stereocenters. The van der Waals surface area contributed by atoms with Crippen LogP contribution in [0.1, 0.15) is 15.9 Å². The molecule has 5 heteroatoms. The number of amides is 1. The third-order valence-corrected chi connectivity index (χ3v) is 3.40. The first-order valence-electron chi connectivity index (χ1n) is 5.50. The van der Waals surface area contributed by atoms with Crippen LogP contribution in [0.2, 0.25) is 5.02 Å². The number of benzene rings is 2. The molecule has 0 saturated carbocycles. The van der Waals surface area contributed by atoms with Crippen LogP contribution in [0.5, 0.6) is 0 Å². The van der Waals surface area contributed by atoms with Gasteiger partial charge in [-0.15, -0.1) is 0 Å². The largest absolute Gasteiger partial charge is 0.322 e. The van der Waals surface area contributed by atoms with Gasteiger partial charge in [0, 0.05) is 15.7 Å². The third kappa shape index (κ3) is 3.33. The molecule has 0 atom stereocenters. The van der Waals surface area contributed by atoms with E-state index in [0.717, 1.165) is 10.0 Å². The van der Waals surface area contributed by atoms with Crippen LogP contribution in [0.4, 0.5) is 10.1 Å². The molecule has 0 radical (unpaired) electrons. The number of halogens is 3. The van der Waals surface area contributed by atoms with Crippen molar-refractivity contribution < 1.29 is 9.18 Å². The van der Waals surface area contributed by atoms with E-state index in [1.54, 1.807) is 6.07 Å². The van der Waals surface area contributed by atoms with Crippen molar-refractivity contribution in [3.8, 4) is 0 Å². The molecule has 19 heavy (non-hydrogen) atoms. The summed E-state index contributed by atoms with van der Waals surface area (Å²) in [6.07, 6.45) is 0. The SMILES string of the molecule is Cc1ccc(Br)cc1C(=O)Nc1ccc(F)c(Cl)c1. The number of rotatable bonds is 2. The molecular weight excluding hydrogens is 333 g/mol. The fourth-order valence-electron chi connectivity index (χ4n) is 1.61. The zero-order chi connectivity index (χ0) is 14.0. The molecule has 1 N–H and O–H groups in total. The second-order valence-corrected chi connectivity index (χ2v) is 5.37. The van der Waals surface area contributed by atoms with E-state index >= 15 is 0 Å². The van der Waals surface area contributed by atoms with Crippen molar-refractivity contribution in [2.45, 2.75) is 6.92 Å². The molecular formula is C14H10BrClFNO. The Labute approximate surface area is 123 Å². The highest BCUT2D eigenvalue weighted by Crippen LogP contribution is 2.21. The molecule has 0 spiro atoms. The van der Waals surface area contributed by atoms with Crippen LogP contribution in [0.3, 0.4) is 0 Å². The summed E-state index contributed by atoms with van der Waals surface area (Å²) in [6, 6.07) is 9.49. The molecule has 0 heterocycles. The Balaban J connectivity index is 2.25. The smallest absolute Gasteiger partial charge is 0.255 e. The molecule has 2 rings (SSSR count). The minimum absolute atomic E-state index is 0.0243. The Morgan fingerprint density at radius 3 is 2.68 bits per heavy atom. The summed E-state index contributed by atoms with van der Waals surface area (Å²) in [6.45, 7) is 1.85. The van der Waals surface area contributed by atoms with Crippen molar-refractivity contribution in [1.82, 2.24) is 0 Å². The Morgan fingerprint density at radius 2 is 2.00 bits per heavy atom. The van der Waals surface area contributed by atoms with Gasteiger partial charge >= 0.3 is 0 Å². The van der Waals surface area contributed by atoms with Gasteiger partial charge < -0.3 is 5.32 Å². The van der Waals surface area contributed by atoms with Crippen LogP contribution >= 0.6 is 27.5 Å². The van der Waals surface area contributed by atoms with Gasteiger partial charge in [0.25, 0.3) is 5.91 Å². The zero-order valence-electron chi connectivity index (χ0n) is 10.0. The normalized spacial score (nSPS) is 10.3.